The van der Waals surface area contributed by atoms with Gasteiger partial charge in [0.15, 0.2) is 0 Å². The van der Waals surface area contributed by atoms with Gasteiger partial charge in [-0.15, -0.1) is 11.3 Å². The van der Waals surface area contributed by atoms with Gasteiger partial charge in [-0.2, -0.15) is 0 Å². The fourth-order valence-electron chi connectivity index (χ4n) is 24.8. The van der Waals surface area contributed by atoms with Gasteiger partial charge in [0.25, 0.3) is 0 Å². The summed E-state index contributed by atoms with van der Waals surface area (Å²) in [5.41, 5.74) is 5.69. The van der Waals surface area contributed by atoms with E-state index >= 15 is 0 Å². The number of hydrogen-bond acceptors (Lipinski definition) is 3. The van der Waals surface area contributed by atoms with Gasteiger partial charge in [0, 0.05) is 16.0 Å². The van der Waals surface area contributed by atoms with Crippen LogP contribution in [-0.2, 0) is 15.9 Å². The molecule has 300 valence electrons. The van der Waals surface area contributed by atoms with Crippen LogP contribution in [0.25, 0.3) is 297 Å². The minimum atomic E-state index is -0.838. The zero-order valence-corrected chi connectivity index (χ0v) is 37.1. The lowest BCUT2D eigenvalue weighted by Gasteiger charge is -2.47. The Kier molecular flexibility index (Phi) is 2.32. The molecule has 2 nitrogen and oxygen atoms in total. The summed E-state index contributed by atoms with van der Waals surface area (Å²) >= 11 is 1.80. The smallest absolute Gasteiger partial charge is 0.209 e. The van der Waals surface area contributed by atoms with Gasteiger partial charge in [-0.05, 0) is 326 Å². The lowest BCUT2D eigenvalue weighted by Crippen LogP contribution is -2.53. The Bertz CT molecular complexity index is 7370. The Labute approximate surface area is 395 Å². The molecule has 3 heteroatoms. The Balaban J connectivity index is 1.11. The Morgan fingerprint density at radius 2 is 0.528 bits per heavy atom. The maximum Gasteiger partial charge on any atom is 0.209 e. The Morgan fingerprint density at radius 1 is 0.292 bits per heavy atom. The highest BCUT2D eigenvalue weighted by atomic mass is 32.1. The fraction of sp³-hybridized carbons (Fsp3) is 0.0290. The minimum absolute atomic E-state index is 0.661. The van der Waals surface area contributed by atoms with E-state index in [1.165, 1.54) is 37.5 Å². The monoisotopic (exact) mass is 897 g/mol. The molecule has 34 rings (SSSR count). The van der Waals surface area contributed by atoms with Gasteiger partial charge < -0.3 is 4.84 Å². The standard InChI is InChI=1S/C69H7NOS/c1(4-8-5-3-7-72-8)2-6-9-68-64-56-48-38-28-20-12-10-11-14-18-16(12)24-32-26(18)36-30-22(14)23-15(11)19-17-13(10)21(20)29-35-25(17)33-27(19)37-31(23)41-40(30)52-46(36)54-44(32)50(42(48)34(24)28)58(64)60(54)66-62(52)63-53(41)47(37)55-45(33)51-43(35)49(39(29)38)57(56)65(68)59(51)61(55)67(63)69(66,68)71-70-9/h1-7H/b4-1+,6-2+. The molecule has 4 aliphatic carbocycles. The number of hydrogen-bond donors (Lipinski definition) is 0. The van der Waals surface area contributed by atoms with Crippen LogP contribution in [0.5, 0.6) is 0 Å². The molecule has 2 heterocycles. The molecule has 0 unspecified atom stereocenters. The van der Waals surface area contributed by atoms with Crippen LogP contribution in [-0.4, -0.2) is 5.71 Å². The highest BCUT2D eigenvalue weighted by Gasteiger charge is 2.76. The molecule has 29 aromatic rings. The summed E-state index contributed by atoms with van der Waals surface area (Å²) in [6.45, 7) is 0. The summed E-state index contributed by atoms with van der Waals surface area (Å²) in [5.74, 6) is 0. The lowest BCUT2D eigenvalue weighted by molar-refractivity contribution is -0.0122. The van der Waals surface area contributed by atoms with Crippen molar-refractivity contribution in [2.45, 2.75) is 11.0 Å². The normalized spacial score (nSPS) is 22.4. The largest absolute Gasteiger partial charge is 0.377 e. The Morgan fingerprint density at radius 3 is 0.778 bits per heavy atom. The summed E-state index contributed by atoms with van der Waals surface area (Å²) in [6.07, 6.45) is 9.28. The van der Waals surface area contributed by atoms with Crippen molar-refractivity contribution in [1.29, 1.82) is 0 Å². The summed E-state index contributed by atoms with van der Waals surface area (Å²) in [5, 5.41) is 94.3. The first-order chi connectivity index (χ1) is 35.9. The number of allylic oxidation sites excluding steroid dienone is 3. The molecule has 0 amide bonds. The second kappa shape index (κ2) is 6.22. The molecule has 5 aliphatic rings. The van der Waals surface area contributed by atoms with E-state index in [1.807, 2.05) is 0 Å². The SMILES string of the molecule is C(/C=C/c1cccs1)=C\C1=NOC23c4c5c6c7c8c9c(c%10c%11c2c2c4c4c%12c5c5c6c6c8c8c%13c9c9c%10c%10c%11c%11c2c2c4c4c%12c%12c5c5c6c8c6c8c%13c9c9c%10c%10c%11c2c2c4c4c%12c5c6c5c8c9c%10c2c45)C173. The third-order valence-corrected chi connectivity index (χ3v) is 25.9. The molecular weight excluding hydrogens is 891 g/mol. The first-order valence-electron chi connectivity index (χ1n) is 26.3. The number of benzene rings is 18. The van der Waals surface area contributed by atoms with Crippen LogP contribution in [0.15, 0.2) is 40.9 Å². The van der Waals surface area contributed by atoms with E-state index in [4.69, 9.17) is 9.99 Å². The van der Waals surface area contributed by atoms with Crippen molar-refractivity contribution in [3.05, 3.63) is 62.9 Å². The van der Waals surface area contributed by atoms with Crippen LogP contribution < -0.4 is 0 Å². The molecular formula is C69H7NOS. The van der Waals surface area contributed by atoms with Crippen LogP contribution in [0, 0.1) is 0 Å². The van der Waals surface area contributed by atoms with Crippen LogP contribution >= 0.6 is 11.3 Å². The van der Waals surface area contributed by atoms with E-state index in [0.29, 0.717) is 0 Å². The van der Waals surface area contributed by atoms with Crippen LogP contribution in [0.4, 0.5) is 0 Å². The molecule has 72 heavy (non-hydrogen) atoms. The fourth-order valence-corrected chi connectivity index (χ4v) is 25.4. The predicted molar refractivity (Wildman–Crippen MR) is 305 cm³/mol. The molecule has 0 saturated heterocycles. The van der Waals surface area contributed by atoms with E-state index in [0.717, 1.165) is 5.71 Å². The van der Waals surface area contributed by atoms with Gasteiger partial charge >= 0.3 is 0 Å². The van der Waals surface area contributed by atoms with Crippen molar-refractivity contribution in [1.82, 2.24) is 0 Å². The van der Waals surface area contributed by atoms with Gasteiger partial charge in [-0.3, -0.25) is 0 Å². The number of oxime groups is 1. The molecule has 1 aliphatic heterocycles. The molecule has 0 saturated carbocycles. The molecule has 0 N–H and O–H groups in total. The van der Waals surface area contributed by atoms with Gasteiger partial charge in [0.2, 0.25) is 5.60 Å². The molecule has 0 bridgehead atoms. The number of thiophene rings is 1. The lowest BCUT2D eigenvalue weighted by atomic mass is 9.53. The van der Waals surface area contributed by atoms with E-state index < -0.39 is 11.0 Å². The quantitative estimate of drug-likeness (QED) is 0.128. The summed E-state index contributed by atoms with van der Waals surface area (Å²) in [4.78, 5) is 9.34. The molecule has 28 aromatic carbocycles. The average Bonchev–Trinajstić information content (AvgIpc) is 4.37. The van der Waals surface area contributed by atoms with Crippen LogP contribution in [0.3, 0.4) is 0 Å². The first-order valence-corrected chi connectivity index (χ1v) is 27.2. The zero-order chi connectivity index (χ0) is 42.7. The average molecular weight is 898 g/mol. The zero-order valence-electron chi connectivity index (χ0n) is 36.3. The van der Waals surface area contributed by atoms with Crippen molar-refractivity contribution < 1.29 is 4.84 Å². The van der Waals surface area contributed by atoms with Gasteiger partial charge in [-0.1, -0.05) is 23.4 Å². The molecule has 0 fully saturated rings. The van der Waals surface area contributed by atoms with Crippen molar-refractivity contribution in [2.75, 3.05) is 0 Å². The molecule has 2 spiro atoms. The van der Waals surface area contributed by atoms with E-state index in [9.17, 15) is 0 Å². The van der Waals surface area contributed by atoms with Crippen molar-refractivity contribution in [3.8, 4) is 0 Å². The van der Waals surface area contributed by atoms with Crippen LogP contribution in [0.1, 0.15) is 27.1 Å². The minimum Gasteiger partial charge on any atom is -0.377 e. The van der Waals surface area contributed by atoms with Crippen molar-refractivity contribution >= 4 is 314 Å². The molecule has 0 atom stereocenters. The van der Waals surface area contributed by atoms with Gasteiger partial charge in [-0.25, -0.2) is 0 Å². The number of nitrogens with zero attached hydrogens (tertiary/aromatic N) is 1. The van der Waals surface area contributed by atoms with Crippen LogP contribution in [0.2, 0.25) is 0 Å². The first kappa shape index (κ1) is 26.9. The number of rotatable bonds is 3. The highest BCUT2D eigenvalue weighted by Crippen LogP contribution is 2.85. The third kappa shape index (κ3) is 1.45. The van der Waals surface area contributed by atoms with Crippen molar-refractivity contribution in [3.63, 3.8) is 0 Å². The molecule has 1 aromatic heterocycles. The topological polar surface area (TPSA) is 21.6 Å². The van der Waals surface area contributed by atoms with E-state index in [1.54, 1.807) is 292 Å². The Hall–Kier alpha value is -8.89. The highest BCUT2D eigenvalue weighted by molar-refractivity contribution is 7.10. The summed E-state index contributed by atoms with van der Waals surface area (Å²) in [7, 11) is 0. The van der Waals surface area contributed by atoms with Gasteiger partial charge in [0.05, 0.1) is 5.71 Å². The summed E-state index contributed by atoms with van der Waals surface area (Å²) in [6, 6.07) is 4.38. The second-order valence-corrected chi connectivity index (χ2v) is 26.5. The second-order valence-electron chi connectivity index (χ2n) is 25.5. The van der Waals surface area contributed by atoms with E-state index in [2.05, 4.69) is 41.8 Å². The van der Waals surface area contributed by atoms with Crippen molar-refractivity contribution in [2.24, 2.45) is 5.16 Å². The third-order valence-electron chi connectivity index (χ3n) is 25.1. The predicted octanol–water partition coefficient (Wildman–Crippen LogP) is 19.0. The maximum absolute atomic E-state index is 8.07. The van der Waals surface area contributed by atoms with E-state index in [-0.39, 0.29) is 0 Å². The van der Waals surface area contributed by atoms with Gasteiger partial charge in [0.1, 0.15) is 5.41 Å². The maximum atomic E-state index is 8.07. The molecule has 0 radical (unpaired) electrons. The summed E-state index contributed by atoms with van der Waals surface area (Å²) < 4.78 is 0.